The Hall–Kier alpha value is -2.55. The highest BCUT2D eigenvalue weighted by Gasteiger charge is 2.15. The van der Waals surface area contributed by atoms with Crippen LogP contribution in [0.5, 0.6) is 0 Å². The minimum absolute atomic E-state index is 0.0216. The van der Waals surface area contributed by atoms with Crippen LogP contribution in [0.3, 0.4) is 0 Å². The number of carbonyl (C=O) groups excluding carboxylic acids is 2. The van der Waals surface area contributed by atoms with Crippen LogP contribution >= 0.6 is 0 Å². The van der Waals surface area contributed by atoms with Crippen molar-refractivity contribution in [1.29, 1.82) is 0 Å². The summed E-state index contributed by atoms with van der Waals surface area (Å²) in [5.41, 5.74) is 1.65. The normalized spacial score (nSPS) is 17.4. The number of benzene rings is 1. The molecule has 3 N–H and O–H groups in total. The third-order valence-corrected chi connectivity index (χ3v) is 4.92. The van der Waals surface area contributed by atoms with Gasteiger partial charge in [-0.25, -0.2) is 4.79 Å². The first-order chi connectivity index (χ1) is 11.9. The molecule has 25 heavy (non-hydrogen) atoms. The van der Waals surface area contributed by atoms with Crippen molar-refractivity contribution < 1.29 is 19.5 Å². The summed E-state index contributed by atoms with van der Waals surface area (Å²) in [7, 11) is -0.424. The van der Waals surface area contributed by atoms with Crippen LogP contribution in [0.15, 0.2) is 27.8 Å². The van der Waals surface area contributed by atoms with Crippen LogP contribution in [0.4, 0.5) is 5.69 Å². The number of aryl methyl sites for hydroxylation is 1. The molecule has 0 aliphatic carbocycles. The lowest BCUT2D eigenvalue weighted by Gasteiger charge is -2.10. The molecule has 1 aromatic carbocycles. The number of aromatic carboxylic acids is 1. The number of nitrogens with one attached hydrogen (secondary N) is 2. The van der Waals surface area contributed by atoms with Crippen molar-refractivity contribution in [3.05, 3.63) is 29.3 Å². The Kier molecular flexibility index (Phi) is 6.40. The monoisotopic (exact) mass is 364 g/mol. The summed E-state index contributed by atoms with van der Waals surface area (Å²) in [6, 6.07) is 4.94. The standard InChI is InChI=1S/C16H20N4O4S/c1-10-4-3-5-12(15(10)16(23)24)18-13(21)7-6-11(2)19-20-25-8-14(22)17-9-25/h3-5H,6-9H2,1-2H3,(H,17,22)(H,18,21)(H,23,24)/b19-11+. The predicted molar refractivity (Wildman–Crippen MR) is 96.8 cm³/mol. The minimum Gasteiger partial charge on any atom is -0.478 e. The van der Waals surface area contributed by atoms with Crippen molar-refractivity contribution in [2.75, 3.05) is 16.9 Å². The Balaban J connectivity index is 1.92. The molecule has 134 valence electrons. The third kappa shape index (κ3) is 5.49. The highest BCUT2D eigenvalue weighted by molar-refractivity contribution is 7.88. The Morgan fingerprint density at radius 2 is 2.12 bits per heavy atom. The van der Waals surface area contributed by atoms with E-state index in [1.54, 1.807) is 32.0 Å². The van der Waals surface area contributed by atoms with Crippen molar-refractivity contribution in [1.82, 2.24) is 5.32 Å². The SMILES string of the molecule is C/C(CCC(=O)Nc1cccc(C)c1C(=O)O)=N\N=S1/CNC(=O)C1. The van der Waals surface area contributed by atoms with E-state index in [9.17, 15) is 19.5 Å². The lowest BCUT2D eigenvalue weighted by Crippen LogP contribution is -2.16. The molecule has 9 heteroatoms. The molecule has 1 aromatic rings. The zero-order valence-electron chi connectivity index (χ0n) is 14.0. The summed E-state index contributed by atoms with van der Waals surface area (Å²) in [6.07, 6.45) is 0.574. The van der Waals surface area contributed by atoms with Gasteiger partial charge < -0.3 is 15.7 Å². The van der Waals surface area contributed by atoms with Gasteiger partial charge in [0.05, 0.1) is 22.9 Å². The van der Waals surface area contributed by atoms with Gasteiger partial charge in [0.25, 0.3) is 0 Å². The number of anilines is 1. The number of carbonyl (C=O) groups is 3. The topological polar surface area (TPSA) is 120 Å². The first kappa shape index (κ1) is 18.8. The number of carboxylic acids is 1. The van der Waals surface area contributed by atoms with E-state index < -0.39 is 16.7 Å². The molecule has 1 fully saturated rings. The van der Waals surface area contributed by atoms with Gasteiger partial charge in [-0.2, -0.15) is 5.10 Å². The molecule has 8 nitrogen and oxygen atoms in total. The molecule has 1 atom stereocenters. The average Bonchev–Trinajstić information content (AvgIpc) is 2.96. The first-order valence-corrected chi connectivity index (χ1v) is 9.20. The number of rotatable bonds is 6. The van der Waals surface area contributed by atoms with Gasteiger partial charge in [-0.1, -0.05) is 12.1 Å². The van der Waals surface area contributed by atoms with E-state index in [4.69, 9.17) is 0 Å². The zero-order valence-corrected chi connectivity index (χ0v) is 14.9. The second-order valence-electron chi connectivity index (χ2n) is 5.62. The molecule has 1 aliphatic heterocycles. The maximum atomic E-state index is 12.1. The van der Waals surface area contributed by atoms with Crippen molar-refractivity contribution in [2.24, 2.45) is 9.57 Å². The molecule has 0 aromatic heterocycles. The molecule has 1 unspecified atom stereocenters. The van der Waals surface area contributed by atoms with E-state index in [-0.39, 0.29) is 29.5 Å². The largest absolute Gasteiger partial charge is 0.478 e. The summed E-state index contributed by atoms with van der Waals surface area (Å²) in [5.74, 6) is -0.510. The summed E-state index contributed by atoms with van der Waals surface area (Å²) in [6.45, 7) is 3.45. The fourth-order valence-corrected chi connectivity index (χ4v) is 3.42. The number of hydrogen-bond donors (Lipinski definition) is 3. The van der Waals surface area contributed by atoms with Crippen molar-refractivity contribution in [2.45, 2.75) is 26.7 Å². The average molecular weight is 364 g/mol. The van der Waals surface area contributed by atoms with Gasteiger partial charge in [-0.05, 0) is 42.6 Å². The van der Waals surface area contributed by atoms with Gasteiger partial charge >= 0.3 is 5.97 Å². The van der Waals surface area contributed by atoms with Crippen LogP contribution in [0, 0.1) is 6.92 Å². The van der Waals surface area contributed by atoms with Crippen molar-refractivity contribution in [3.8, 4) is 0 Å². The summed E-state index contributed by atoms with van der Waals surface area (Å²) >= 11 is 0. The number of amides is 2. The molecular weight excluding hydrogens is 344 g/mol. The van der Waals surface area contributed by atoms with E-state index >= 15 is 0 Å². The van der Waals surface area contributed by atoms with Gasteiger partial charge in [0.1, 0.15) is 0 Å². The highest BCUT2D eigenvalue weighted by atomic mass is 32.2. The number of nitrogens with zero attached hydrogens (tertiary/aromatic N) is 2. The van der Waals surface area contributed by atoms with Crippen LogP contribution in [-0.2, 0) is 20.3 Å². The van der Waals surface area contributed by atoms with Crippen LogP contribution < -0.4 is 10.6 Å². The minimum atomic E-state index is -1.08. The van der Waals surface area contributed by atoms with E-state index in [1.807, 2.05) is 0 Å². The summed E-state index contributed by atoms with van der Waals surface area (Å²) < 4.78 is 4.11. The van der Waals surface area contributed by atoms with E-state index in [0.29, 0.717) is 29.3 Å². The van der Waals surface area contributed by atoms with Crippen molar-refractivity contribution >= 4 is 39.9 Å². The second-order valence-corrected chi connectivity index (χ2v) is 7.28. The predicted octanol–water partition coefficient (Wildman–Crippen LogP) is 1.68. The first-order valence-electron chi connectivity index (χ1n) is 7.68. The second kappa shape index (κ2) is 8.52. The Bertz CT molecular complexity index is 773. The van der Waals surface area contributed by atoms with E-state index in [1.165, 1.54) is 0 Å². The molecule has 0 spiro atoms. The molecule has 1 saturated heterocycles. The Labute approximate surface area is 147 Å². The number of carboxylic acid groups (broad SMARTS) is 1. The van der Waals surface area contributed by atoms with E-state index in [2.05, 4.69) is 20.2 Å². The molecule has 1 aliphatic rings. The van der Waals surface area contributed by atoms with Gasteiger partial charge in [0.15, 0.2) is 0 Å². The van der Waals surface area contributed by atoms with Crippen LogP contribution in [0.25, 0.3) is 0 Å². The number of hydrogen-bond acceptors (Lipinski definition) is 4. The molecule has 0 saturated carbocycles. The maximum absolute atomic E-state index is 12.1. The molecule has 0 bridgehead atoms. The molecule has 2 rings (SSSR count). The smallest absolute Gasteiger partial charge is 0.338 e. The Morgan fingerprint density at radius 1 is 1.36 bits per heavy atom. The summed E-state index contributed by atoms with van der Waals surface area (Å²) in [4.78, 5) is 34.5. The quantitative estimate of drug-likeness (QED) is 0.525. The summed E-state index contributed by atoms with van der Waals surface area (Å²) in [5, 5.41) is 18.6. The van der Waals surface area contributed by atoms with E-state index in [0.717, 1.165) is 0 Å². The van der Waals surface area contributed by atoms with Gasteiger partial charge in [-0.3, -0.25) is 9.59 Å². The fraction of sp³-hybridized carbons (Fsp3) is 0.375. The van der Waals surface area contributed by atoms with Gasteiger partial charge in [0, 0.05) is 12.1 Å². The Morgan fingerprint density at radius 3 is 2.76 bits per heavy atom. The van der Waals surface area contributed by atoms with Crippen molar-refractivity contribution in [3.63, 3.8) is 0 Å². The molecule has 0 radical (unpaired) electrons. The van der Waals surface area contributed by atoms with Crippen LogP contribution in [0.2, 0.25) is 0 Å². The molecular formula is C16H20N4O4S. The third-order valence-electron chi connectivity index (χ3n) is 3.54. The maximum Gasteiger partial charge on any atom is 0.338 e. The lowest BCUT2D eigenvalue weighted by atomic mass is 10.1. The lowest BCUT2D eigenvalue weighted by molar-refractivity contribution is -0.118. The van der Waals surface area contributed by atoms with Gasteiger partial charge in [0.2, 0.25) is 11.8 Å². The van der Waals surface area contributed by atoms with Crippen LogP contribution in [-0.4, -0.2) is 40.2 Å². The zero-order chi connectivity index (χ0) is 18.4. The van der Waals surface area contributed by atoms with Gasteiger partial charge in [-0.15, -0.1) is 4.47 Å². The fourth-order valence-electron chi connectivity index (χ4n) is 2.22. The highest BCUT2D eigenvalue weighted by Crippen LogP contribution is 2.19. The van der Waals surface area contributed by atoms with Crippen LogP contribution in [0.1, 0.15) is 35.7 Å². The molecule has 1 heterocycles. The molecule has 2 amide bonds.